The summed E-state index contributed by atoms with van der Waals surface area (Å²) < 4.78 is 13.2. The van der Waals surface area contributed by atoms with Gasteiger partial charge in [0, 0.05) is 18.7 Å². The van der Waals surface area contributed by atoms with Crippen molar-refractivity contribution in [1.82, 2.24) is 10.2 Å². The Kier molecular flexibility index (Phi) is 6.78. The summed E-state index contributed by atoms with van der Waals surface area (Å²) in [6.07, 6.45) is 4.87. The van der Waals surface area contributed by atoms with E-state index in [4.69, 9.17) is 0 Å². The van der Waals surface area contributed by atoms with E-state index in [0.717, 1.165) is 32.0 Å². The highest BCUT2D eigenvalue weighted by Crippen LogP contribution is 2.22. The van der Waals surface area contributed by atoms with Crippen molar-refractivity contribution in [2.75, 3.05) is 26.2 Å². The van der Waals surface area contributed by atoms with Gasteiger partial charge < -0.3 is 10.2 Å². The van der Waals surface area contributed by atoms with Gasteiger partial charge in [0.25, 0.3) is 5.91 Å². The van der Waals surface area contributed by atoms with Gasteiger partial charge in [-0.2, -0.15) is 0 Å². The monoisotopic (exact) mass is 354 g/mol. The van der Waals surface area contributed by atoms with E-state index in [1.165, 1.54) is 37.0 Å². The van der Waals surface area contributed by atoms with Gasteiger partial charge in [0.15, 0.2) is 0 Å². The number of hydrogen-bond donors (Lipinski definition) is 1. The number of benzene rings is 2. The van der Waals surface area contributed by atoms with E-state index in [2.05, 4.69) is 40.5 Å². The molecular weight excluding hydrogens is 327 g/mol. The van der Waals surface area contributed by atoms with Crippen LogP contribution in [0.25, 0.3) is 0 Å². The van der Waals surface area contributed by atoms with E-state index < -0.39 is 0 Å². The molecule has 0 atom stereocenters. The van der Waals surface area contributed by atoms with Crippen LogP contribution in [0.15, 0.2) is 54.6 Å². The smallest absolute Gasteiger partial charge is 0.251 e. The highest BCUT2D eigenvalue weighted by atomic mass is 19.1. The van der Waals surface area contributed by atoms with Crippen LogP contribution in [0.3, 0.4) is 0 Å². The number of carbonyl (C=O) groups is 1. The third-order valence-corrected chi connectivity index (χ3v) is 5.19. The molecule has 26 heavy (non-hydrogen) atoms. The number of nitrogens with one attached hydrogen (secondary N) is 1. The lowest BCUT2D eigenvalue weighted by molar-refractivity contribution is 0.0943. The third-order valence-electron chi connectivity index (χ3n) is 5.19. The van der Waals surface area contributed by atoms with Crippen LogP contribution in [0.5, 0.6) is 0 Å². The van der Waals surface area contributed by atoms with Crippen LogP contribution >= 0.6 is 0 Å². The summed E-state index contributed by atoms with van der Waals surface area (Å²) in [5.41, 5.74) is 1.81. The standard InChI is InChI=1S/C22H27FN2O/c23-21-8-4-7-20(17-21)22(26)24-13-16-25-14-11-19(12-15-25)10-9-18-5-2-1-3-6-18/h1-8,17,19H,9-16H2,(H,24,26). The van der Waals surface area contributed by atoms with Crippen LogP contribution in [-0.4, -0.2) is 37.0 Å². The number of amides is 1. The van der Waals surface area contributed by atoms with Crippen molar-refractivity contribution in [3.8, 4) is 0 Å². The van der Waals surface area contributed by atoms with Crippen molar-refractivity contribution < 1.29 is 9.18 Å². The van der Waals surface area contributed by atoms with Crippen molar-refractivity contribution in [2.24, 2.45) is 5.92 Å². The zero-order valence-corrected chi connectivity index (χ0v) is 15.2. The van der Waals surface area contributed by atoms with Gasteiger partial charge in [-0.15, -0.1) is 0 Å². The summed E-state index contributed by atoms with van der Waals surface area (Å²) in [4.78, 5) is 14.4. The third kappa shape index (κ3) is 5.67. The molecule has 3 rings (SSSR count). The number of halogens is 1. The van der Waals surface area contributed by atoms with Gasteiger partial charge in [0.05, 0.1) is 0 Å². The highest BCUT2D eigenvalue weighted by Gasteiger charge is 2.19. The molecule has 1 saturated heterocycles. The maximum absolute atomic E-state index is 13.2. The Balaban J connectivity index is 1.32. The molecule has 0 aliphatic carbocycles. The Morgan fingerprint density at radius 3 is 2.58 bits per heavy atom. The van der Waals surface area contributed by atoms with E-state index >= 15 is 0 Å². The molecule has 0 unspecified atom stereocenters. The average Bonchev–Trinajstić information content (AvgIpc) is 2.68. The molecule has 1 aliphatic heterocycles. The SMILES string of the molecule is O=C(NCCN1CCC(CCc2ccccc2)CC1)c1cccc(F)c1. The van der Waals surface area contributed by atoms with Crippen molar-refractivity contribution in [3.05, 3.63) is 71.5 Å². The largest absolute Gasteiger partial charge is 0.351 e. The summed E-state index contributed by atoms with van der Waals surface area (Å²) >= 11 is 0. The molecule has 0 saturated carbocycles. The van der Waals surface area contributed by atoms with Crippen molar-refractivity contribution in [1.29, 1.82) is 0 Å². The van der Waals surface area contributed by atoms with Crippen LogP contribution < -0.4 is 5.32 Å². The second-order valence-corrected chi connectivity index (χ2v) is 7.08. The summed E-state index contributed by atoms with van der Waals surface area (Å²) in [5, 5.41) is 2.88. The van der Waals surface area contributed by atoms with Crippen LogP contribution in [-0.2, 0) is 6.42 Å². The Morgan fingerprint density at radius 2 is 1.85 bits per heavy atom. The Labute approximate surface area is 155 Å². The number of aryl methyl sites for hydroxylation is 1. The number of nitrogens with zero attached hydrogens (tertiary/aromatic N) is 1. The van der Waals surface area contributed by atoms with Crippen LogP contribution in [0.2, 0.25) is 0 Å². The fourth-order valence-electron chi connectivity index (χ4n) is 3.57. The Morgan fingerprint density at radius 1 is 1.08 bits per heavy atom. The minimum absolute atomic E-state index is 0.206. The minimum Gasteiger partial charge on any atom is -0.351 e. The second-order valence-electron chi connectivity index (χ2n) is 7.08. The molecule has 1 N–H and O–H groups in total. The maximum atomic E-state index is 13.2. The first-order valence-corrected chi connectivity index (χ1v) is 9.51. The van der Waals surface area contributed by atoms with Gasteiger partial charge in [-0.1, -0.05) is 36.4 Å². The first-order valence-electron chi connectivity index (χ1n) is 9.51. The fraction of sp³-hybridized carbons (Fsp3) is 0.409. The predicted octanol–water partition coefficient (Wildman–Crippen LogP) is 3.90. The van der Waals surface area contributed by atoms with Gasteiger partial charge in [0.2, 0.25) is 0 Å². The summed E-state index contributed by atoms with van der Waals surface area (Å²) in [6, 6.07) is 16.5. The summed E-state index contributed by atoms with van der Waals surface area (Å²) in [7, 11) is 0. The molecule has 2 aromatic carbocycles. The van der Waals surface area contributed by atoms with Crippen LogP contribution in [0.4, 0.5) is 4.39 Å². The molecule has 0 radical (unpaired) electrons. The van der Waals surface area contributed by atoms with Crippen molar-refractivity contribution in [3.63, 3.8) is 0 Å². The molecule has 1 amide bonds. The first-order chi connectivity index (χ1) is 12.7. The molecule has 2 aromatic rings. The average molecular weight is 354 g/mol. The van der Waals surface area contributed by atoms with E-state index in [0.29, 0.717) is 12.1 Å². The Hall–Kier alpha value is -2.20. The molecule has 1 aliphatic rings. The van der Waals surface area contributed by atoms with Gasteiger partial charge in [-0.3, -0.25) is 4.79 Å². The molecule has 1 heterocycles. The molecular formula is C22H27FN2O. The van der Waals surface area contributed by atoms with E-state index in [9.17, 15) is 9.18 Å². The number of hydrogen-bond acceptors (Lipinski definition) is 2. The van der Waals surface area contributed by atoms with Gasteiger partial charge >= 0.3 is 0 Å². The molecule has 0 aromatic heterocycles. The fourth-order valence-corrected chi connectivity index (χ4v) is 3.57. The van der Waals surface area contributed by atoms with Crippen molar-refractivity contribution in [2.45, 2.75) is 25.7 Å². The lowest BCUT2D eigenvalue weighted by Gasteiger charge is -2.32. The Bertz CT molecular complexity index is 696. The van der Waals surface area contributed by atoms with Gasteiger partial charge in [-0.25, -0.2) is 4.39 Å². The zero-order chi connectivity index (χ0) is 18.2. The van der Waals surface area contributed by atoms with Gasteiger partial charge in [-0.05, 0) is 68.5 Å². The highest BCUT2D eigenvalue weighted by molar-refractivity contribution is 5.94. The minimum atomic E-state index is -0.379. The summed E-state index contributed by atoms with van der Waals surface area (Å²) in [6.45, 7) is 3.64. The molecule has 4 heteroatoms. The van der Waals surface area contributed by atoms with E-state index in [1.807, 2.05) is 0 Å². The summed E-state index contributed by atoms with van der Waals surface area (Å²) in [5.74, 6) is 0.214. The molecule has 0 bridgehead atoms. The van der Waals surface area contributed by atoms with Crippen LogP contribution in [0.1, 0.15) is 35.2 Å². The molecule has 1 fully saturated rings. The lowest BCUT2D eigenvalue weighted by Crippen LogP contribution is -2.39. The van der Waals surface area contributed by atoms with Crippen LogP contribution in [0, 0.1) is 11.7 Å². The van der Waals surface area contributed by atoms with E-state index in [-0.39, 0.29) is 11.7 Å². The first kappa shape index (κ1) is 18.6. The lowest BCUT2D eigenvalue weighted by atomic mass is 9.90. The quantitative estimate of drug-likeness (QED) is 0.818. The normalized spacial score (nSPS) is 15.7. The number of carbonyl (C=O) groups excluding carboxylic acids is 1. The topological polar surface area (TPSA) is 32.3 Å². The molecule has 3 nitrogen and oxygen atoms in total. The maximum Gasteiger partial charge on any atom is 0.251 e. The van der Waals surface area contributed by atoms with Gasteiger partial charge in [0.1, 0.15) is 5.82 Å². The number of piperidine rings is 1. The predicted molar refractivity (Wildman–Crippen MR) is 103 cm³/mol. The van der Waals surface area contributed by atoms with Crippen molar-refractivity contribution >= 4 is 5.91 Å². The number of likely N-dealkylation sites (tertiary alicyclic amines) is 1. The molecule has 0 spiro atoms. The molecule has 138 valence electrons. The number of rotatable bonds is 7. The second kappa shape index (κ2) is 9.48. The van der Waals surface area contributed by atoms with E-state index in [1.54, 1.807) is 12.1 Å². The zero-order valence-electron chi connectivity index (χ0n) is 15.2.